The van der Waals surface area contributed by atoms with Gasteiger partial charge in [-0.2, -0.15) is 0 Å². The zero-order valence-corrected chi connectivity index (χ0v) is 11.4. The molecule has 0 aliphatic carbocycles. The van der Waals surface area contributed by atoms with E-state index in [1.165, 1.54) is 32.4 Å². The van der Waals surface area contributed by atoms with Gasteiger partial charge in [0.1, 0.15) is 0 Å². The number of likely N-dealkylation sites (tertiary alicyclic amines) is 1. The molecule has 0 spiro atoms. The van der Waals surface area contributed by atoms with Crippen LogP contribution in [0.2, 0.25) is 0 Å². The summed E-state index contributed by atoms with van der Waals surface area (Å²) in [6.07, 6.45) is 0.580. The number of rotatable bonds is 3. The van der Waals surface area contributed by atoms with Gasteiger partial charge in [-0.3, -0.25) is 9.59 Å². The first-order valence-electron chi connectivity index (χ1n) is 6.27. The summed E-state index contributed by atoms with van der Waals surface area (Å²) in [5, 5.41) is 0. The van der Waals surface area contributed by atoms with Crippen LogP contribution in [0, 0.1) is 11.7 Å². The summed E-state index contributed by atoms with van der Waals surface area (Å²) in [6.45, 7) is 0.809. The number of carbonyl (C=O) groups is 2. The van der Waals surface area contributed by atoms with Crippen molar-refractivity contribution < 1.29 is 23.5 Å². The lowest BCUT2D eigenvalue weighted by Gasteiger charge is -2.16. The number of nitrogens with zero attached hydrogens (tertiary/aromatic N) is 1. The van der Waals surface area contributed by atoms with Gasteiger partial charge in [-0.05, 0) is 24.6 Å². The van der Waals surface area contributed by atoms with Crippen LogP contribution >= 0.6 is 0 Å². The molecule has 1 atom stereocenters. The van der Waals surface area contributed by atoms with Crippen LogP contribution in [0.3, 0.4) is 0 Å². The molecule has 0 bridgehead atoms. The zero-order chi connectivity index (χ0) is 14.7. The van der Waals surface area contributed by atoms with Gasteiger partial charge in [-0.25, -0.2) is 4.39 Å². The van der Waals surface area contributed by atoms with E-state index in [9.17, 15) is 14.0 Å². The van der Waals surface area contributed by atoms with Crippen molar-refractivity contribution in [3.63, 3.8) is 0 Å². The van der Waals surface area contributed by atoms with Crippen LogP contribution in [0.25, 0.3) is 0 Å². The Kier molecular flexibility index (Phi) is 4.22. The lowest BCUT2D eigenvalue weighted by atomic mass is 10.1. The molecule has 1 aromatic rings. The van der Waals surface area contributed by atoms with Crippen LogP contribution in [-0.2, 0) is 9.53 Å². The average Bonchev–Trinajstić information content (AvgIpc) is 2.96. The molecule has 1 aromatic carbocycles. The highest BCUT2D eigenvalue weighted by molar-refractivity contribution is 5.95. The lowest BCUT2D eigenvalue weighted by Crippen LogP contribution is -2.30. The summed E-state index contributed by atoms with van der Waals surface area (Å²) in [5.74, 6) is -1.32. The van der Waals surface area contributed by atoms with Crippen LogP contribution in [0.4, 0.5) is 4.39 Å². The third-order valence-electron chi connectivity index (χ3n) is 3.41. The molecule has 0 saturated carbocycles. The number of benzene rings is 1. The number of ether oxygens (including phenoxy) is 2. The molecule has 5 nitrogen and oxygen atoms in total. The molecular weight excluding hydrogens is 265 g/mol. The first-order chi connectivity index (χ1) is 9.56. The minimum absolute atomic E-state index is 0.0274. The van der Waals surface area contributed by atoms with E-state index in [0.29, 0.717) is 25.1 Å². The number of esters is 1. The Bertz CT molecular complexity index is 532. The molecular formula is C14H16FNO4. The molecule has 1 heterocycles. The van der Waals surface area contributed by atoms with Gasteiger partial charge in [0.25, 0.3) is 5.91 Å². The fourth-order valence-electron chi connectivity index (χ4n) is 2.28. The number of amides is 1. The zero-order valence-electron chi connectivity index (χ0n) is 11.4. The maximum Gasteiger partial charge on any atom is 0.310 e. The SMILES string of the molecule is COC(=O)C1CCN(C(=O)c2ccc(F)c(OC)c2)C1. The maximum absolute atomic E-state index is 13.3. The third kappa shape index (κ3) is 2.74. The van der Waals surface area contributed by atoms with Gasteiger partial charge < -0.3 is 14.4 Å². The molecule has 1 unspecified atom stereocenters. The summed E-state index contributed by atoms with van der Waals surface area (Å²) in [7, 11) is 2.67. The Hall–Kier alpha value is -2.11. The molecule has 20 heavy (non-hydrogen) atoms. The van der Waals surface area contributed by atoms with Gasteiger partial charge in [-0.1, -0.05) is 0 Å². The van der Waals surface area contributed by atoms with E-state index in [0.717, 1.165) is 0 Å². The van der Waals surface area contributed by atoms with Crippen LogP contribution in [-0.4, -0.2) is 44.1 Å². The molecule has 0 radical (unpaired) electrons. The fourth-order valence-corrected chi connectivity index (χ4v) is 2.28. The molecule has 1 aliphatic rings. The van der Waals surface area contributed by atoms with Crippen molar-refractivity contribution in [2.24, 2.45) is 5.92 Å². The number of hydrogen-bond acceptors (Lipinski definition) is 4. The van der Waals surface area contributed by atoms with E-state index in [-0.39, 0.29) is 23.5 Å². The van der Waals surface area contributed by atoms with Crippen molar-refractivity contribution in [1.82, 2.24) is 4.90 Å². The molecule has 6 heteroatoms. The van der Waals surface area contributed by atoms with Crippen LogP contribution in [0.5, 0.6) is 5.75 Å². The molecule has 108 valence electrons. The van der Waals surface area contributed by atoms with E-state index in [1.807, 2.05) is 0 Å². The average molecular weight is 281 g/mol. The summed E-state index contributed by atoms with van der Waals surface area (Å²) < 4.78 is 22.8. The first kappa shape index (κ1) is 14.3. The van der Waals surface area contributed by atoms with Gasteiger partial charge in [0.2, 0.25) is 0 Å². The fraction of sp³-hybridized carbons (Fsp3) is 0.429. The second-order valence-corrected chi connectivity index (χ2v) is 4.61. The van der Waals surface area contributed by atoms with Gasteiger partial charge in [0, 0.05) is 18.7 Å². The van der Waals surface area contributed by atoms with E-state index < -0.39 is 5.82 Å². The van der Waals surface area contributed by atoms with E-state index in [2.05, 4.69) is 4.74 Å². The van der Waals surface area contributed by atoms with Crippen molar-refractivity contribution in [3.8, 4) is 5.75 Å². The Balaban J connectivity index is 2.11. The van der Waals surface area contributed by atoms with Gasteiger partial charge in [0.05, 0.1) is 20.1 Å². The number of carbonyl (C=O) groups excluding carboxylic acids is 2. The predicted octanol–water partition coefficient (Wildman–Crippen LogP) is 1.47. The van der Waals surface area contributed by atoms with E-state index >= 15 is 0 Å². The van der Waals surface area contributed by atoms with E-state index in [1.54, 1.807) is 4.90 Å². The van der Waals surface area contributed by atoms with E-state index in [4.69, 9.17) is 4.74 Å². The largest absolute Gasteiger partial charge is 0.494 e. The summed E-state index contributed by atoms with van der Waals surface area (Å²) in [5.41, 5.74) is 0.341. The molecule has 1 saturated heterocycles. The number of halogens is 1. The highest BCUT2D eigenvalue weighted by Crippen LogP contribution is 2.23. The van der Waals surface area contributed by atoms with Crippen molar-refractivity contribution in [3.05, 3.63) is 29.6 Å². The molecule has 0 N–H and O–H groups in total. The lowest BCUT2D eigenvalue weighted by molar-refractivity contribution is -0.144. The molecule has 0 aromatic heterocycles. The summed E-state index contributed by atoms with van der Waals surface area (Å²) >= 11 is 0. The highest BCUT2D eigenvalue weighted by atomic mass is 19.1. The predicted molar refractivity (Wildman–Crippen MR) is 69.0 cm³/mol. The Morgan fingerprint density at radius 1 is 1.35 bits per heavy atom. The third-order valence-corrected chi connectivity index (χ3v) is 3.41. The normalized spacial score (nSPS) is 17.9. The Morgan fingerprint density at radius 2 is 2.10 bits per heavy atom. The summed E-state index contributed by atoms with van der Waals surface area (Å²) in [6, 6.07) is 3.97. The smallest absolute Gasteiger partial charge is 0.310 e. The Labute approximate surface area is 116 Å². The topological polar surface area (TPSA) is 55.8 Å². The first-order valence-corrected chi connectivity index (χ1v) is 6.27. The molecule has 1 amide bonds. The maximum atomic E-state index is 13.3. The number of methoxy groups -OCH3 is 2. The highest BCUT2D eigenvalue weighted by Gasteiger charge is 2.32. The van der Waals surface area contributed by atoms with Gasteiger partial charge >= 0.3 is 5.97 Å². The van der Waals surface area contributed by atoms with Crippen molar-refractivity contribution in [2.75, 3.05) is 27.3 Å². The van der Waals surface area contributed by atoms with Crippen LogP contribution in [0.15, 0.2) is 18.2 Å². The minimum Gasteiger partial charge on any atom is -0.494 e. The molecule has 2 rings (SSSR count). The van der Waals surface area contributed by atoms with Crippen molar-refractivity contribution >= 4 is 11.9 Å². The van der Waals surface area contributed by atoms with Crippen LogP contribution < -0.4 is 4.74 Å². The Morgan fingerprint density at radius 3 is 2.75 bits per heavy atom. The van der Waals surface area contributed by atoms with Gasteiger partial charge in [0.15, 0.2) is 11.6 Å². The molecule has 1 fully saturated rings. The quantitative estimate of drug-likeness (QED) is 0.787. The molecule has 1 aliphatic heterocycles. The second-order valence-electron chi connectivity index (χ2n) is 4.61. The van der Waals surface area contributed by atoms with Crippen molar-refractivity contribution in [2.45, 2.75) is 6.42 Å². The number of hydrogen-bond donors (Lipinski definition) is 0. The van der Waals surface area contributed by atoms with Crippen LogP contribution in [0.1, 0.15) is 16.8 Å². The minimum atomic E-state index is -0.516. The standard InChI is InChI=1S/C14H16FNO4/c1-19-12-7-9(3-4-11(12)15)13(17)16-6-5-10(8-16)14(18)20-2/h3-4,7,10H,5-6,8H2,1-2H3. The van der Waals surface area contributed by atoms with Gasteiger partial charge in [-0.15, -0.1) is 0 Å². The summed E-state index contributed by atoms with van der Waals surface area (Å²) in [4.78, 5) is 25.3. The van der Waals surface area contributed by atoms with Crippen molar-refractivity contribution in [1.29, 1.82) is 0 Å². The second kappa shape index (κ2) is 5.90. The monoisotopic (exact) mass is 281 g/mol.